The molecule has 5 nitrogen and oxygen atoms in total. The molecule has 0 saturated heterocycles. The third-order valence-electron chi connectivity index (χ3n) is 4.27. The summed E-state index contributed by atoms with van der Waals surface area (Å²) in [7, 11) is 0. The van der Waals surface area contributed by atoms with E-state index in [4.69, 9.17) is 4.74 Å². The van der Waals surface area contributed by atoms with Crippen LogP contribution >= 0.6 is 23.1 Å². The number of thiophene rings is 1. The molecule has 3 rings (SSSR count). The summed E-state index contributed by atoms with van der Waals surface area (Å²) in [6.45, 7) is 1.39. The molecular weight excluding hydrogens is 380 g/mol. The number of amides is 1. The van der Waals surface area contributed by atoms with Crippen molar-refractivity contribution in [3.8, 4) is 6.07 Å². The number of ether oxygens (including phenoxy) is 1. The third kappa shape index (κ3) is 4.90. The van der Waals surface area contributed by atoms with Crippen LogP contribution in [0.15, 0.2) is 35.2 Å². The normalized spacial score (nSPS) is 13.9. The molecule has 1 amide bonds. The minimum absolute atomic E-state index is 0.355. The Balaban J connectivity index is 1.53. The van der Waals surface area contributed by atoms with Crippen LogP contribution in [0.3, 0.4) is 0 Å². The van der Waals surface area contributed by atoms with Crippen LogP contribution < -0.4 is 5.32 Å². The maximum atomic E-state index is 12.2. The highest BCUT2D eigenvalue weighted by atomic mass is 32.2. The van der Waals surface area contributed by atoms with Crippen LogP contribution in [0.1, 0.15) is 35.8 Å². The van der Waals surface area contributed by atoms with Crippen LogP contribution in [0.25, 0.3) is 0 Å². The number of esters is 1. The van der Waals surface area contributed by atoms with Gasteiger partial charge in [-0.1, -0.05) is 18.2 Å². The van der Waals surface area contributed by atoms with E-state index >= 15 is 0 Å². The molecule has 1 aromatic carbocycles. The summed E-state index contributed by atoms with van der Waals surface area (Å²) < 4.78 is 5.14. The van der Waals surface area contributed by atoms with Crippen molar-refractivity contribution < 1.29 is 14.3 Å². The minimum Gasteiger partial charge on any atom is -0.455 e. The molecule has 0 bridgehead atoms. The molecule has 1 aliphatic rings. The fourth-order valence-electron chi connectivity index (χ4n) is 2.94. The third-order valence-corrected chi connectivity index (χ3v) is 6.57. The Kier molecular flexibility index (Phi) is 6.54. The van der Waals surface area contributed by atoms with E-state index in [0.717, 1.165) is 36.1 Å². The fourth-order valence-corrected chi connectivity index (χ4v) is 5.08. The fraction of sp³-hybridized carbons (Fsp3) is 0.350. The Labute approximate surface area is 166 Å². The molecule has 0 aliphatic heterocycles. The molecule has 1 N–H and O–H groups in total. The molecule has 27 heavy (non-hydrogen) atoms. The number of nitrogens with zero attached hydrogens (tertiary/aromatic N) is 1. The van der Waals surface area contributed by atoms with Gasteiger partial charge in [0.2, 0.25) is 0 Å². The van der Waals surface area contributed by atoms with Crippen molar-refractivity contribution in [2.45, 2.75) is 42.8 Å². The Hall–Kier alpha value is -2.30. The van der Waals surface area contributed by atoms with E-state index in [1.165, 1.54) is 28.0 Å². The van der Waals surface area contributed by atoms with Crippen LogP contribution in [-0.2, 0) is 27.2 Å². The van der Waals surface area contributed by atoms with Crippen LogP contribution in [0, 0.1) is 11.3 Å². The first-order valence-electron chi connectivity index (χ1n) is 8.81. The summed E-state index contributed by atoms with van der Waals surface area (Å²) in [6.07, 6.45) is 4.02. The lowest BCUT2D eigenvalue weighted by molar-refractivity contribution is -0.146. The van der Waals surface area contributed by atoms with Gasteiger partial charge in [0.05, 0.1) is 5.56 Å². The van der Waals surface area contributed by atoms with Crippen molar-refractivity contribution >= 4 is 40.0 Å². The molecule has 1 heterocycles. The number of fused-ring (bicyclic) bond motifs is 1. The number of aryl methyl sites for hydroxylation is 1. The van der Waals surface area contributed by atoms with Gasteiger partial charge in [0.15, 0.2) is 6.61 Å². The number of thioether (sulfide) groups is 1. The predicted octanol–water partition coefficient (Wildman–Crippen LogP) is 4.16. The number of nitriles is 1. The second-order valence-electron chi connectivity index (χ2n) is 6.26. The molecule has 1 atom stereocenters. The highest BCUT2D eigenvalue weighted by Gasteiger charge is 2.22. The lowest BCUT2D eigenvalue weighted by atomic mass is 9.96. The zero-order valence-corrected chi connectivity index (χ0v) is 16.6. The van der Waals surface area contributed by atoms with Gasteiger partial charge in [0.1, 0.15) is 16.3 Å². The molecule has 0 unspecified atom stereocenters. The van der Waals surface area contributed by atoms with E-state index < -0.39 is 17.1 Å². The molecular formula is C20H20N2O3S2. The van der Waals surface area contributed by atoms with Crippen molar-refractivity contribution in [1.82, 2.24) is 0 Å². The Morgan fingerprint density at radius 3 is 2.78 bits per heavy atom. The number of benzene rings is 1. The maximum Gasteiger partial charge on any atom is 0.319 e. The number of anilines is 1. The topological polar surface area (TPSA) is 79.2 Å². The second kappa shape index (κ2) is 9.07. The molecule has 1 aliphatic carbocycles. The summed E-state index contributed by atoms with van der Waals surface area (Å²) in [5.41, 5.74) is 1.62. The predicted molar refractivity (Wildman–Crippen MR) is 107 cm³/mol. The van der Waals surface area contributed by atoms with Crippen molar-refractivity contribution in [3.63, 3.8) is 0 Å². The molecule has 140 valence electrons. The SMILES string of the molecule is C[C@H](Sc1ccccc1)C(=O)OCC(=O)Nc1sc2c(c1C#N)CCCC2. The summed E-state index contributed by atoms with van der Waals surface area (Å²) in [5, 5.41) is 12.3. The zero-order chi connectivity index (χ0) is 19.2. The molecule has 0 fully saturated rings. The standard InChI is InChI=1S/C20H20N2O3S2/c1-13(26-14-7-3-2-4-8-14)20(24)25-12-18(23)22-19-16(11-21)15-9-5-6-10-17(15)27-19/h2-4,7-8,13H,5-6,9-10,12H2,1H3,(H,22,23)/t13-/m0/s1. The first kappa shape index (κ1) is 19.5. The second-order valence-corrected chi connectivity index (χ2v) is 8.78. The van der Waals surface area contributed by atoms with E-state index in [9.17, 15) is 14.9 Å². The van der Waals surface area contributed by atoms with Gasteiger partial charge in [0.25, 0.3) is 5.91 Å². The van der Waals surface area contributed by atoms with E-state index in [1.807, 2.05) is 30.3 Å². The zero-order valence-electron chi connectivity index (χ0n) is 15.0. The lowest BCUT2D eigenvalue weighted by Crippen LogP contribution is -2.24. The number of hydrogen-bond acceptors (Lipinski definition) is 6. The highest BCUT2D eigenvalue weighted by Crippen LogP contribution is 2.37. The largest absolute Gasteiger partial charge is 0.455 e. The number of carbonyl (C=O) groups is 2. The lowest BCUT2D eigenvalue weighted by Gasteiger charge is -2.11. The van der Waals surface area contributed by atoms with Gasteiger partial charge < -0.3 is 10.1 Å². The Morgan fingerprint density at radius 2 is 2.04 bits per heavy atom. The first-order valence-corrected chi connectivity index (χ1v) is 10.5. The van der Waals surface area contributed by atoms with E-state index in [2.05, 4.69) is 11.4 Å². The summed E-state index contributed by atoms with van der Waals surface area (Å²) in [6, 6.07) is 11.8. The Morgan fingerprint density at radius 1 is 1.30 bits per heavy atom. The monoisotopic (exact) mass is 400 g/mol. The van der Waals surface area contributed by atoms with Gasteiger partial charge in [-0.3, -0.25) is 9.59 Å². The summed E-state index contributed by atoms with van der Waals surface area (Å²) in [4.78, 5) is 26.4. The van der Waals surface area contributed by atoms with Crippen LogP contribution in [0.4, 0.5) is 5.00 Å². The van der Waals surface area contributed by atoms with Gasteiger partial charge in [0, 0.05) is 9.77 Å². The Bertz CT molecular complexity index is 871. The van der Waals surface area contributed by atoms with Crippen molar-refractivity contribution in [2.75, 3.05) is 11.9 Å². The molecule has 2 aromatic rings. The number of nitrogens with one attached hydrogen (secondary N) is 1. The number of carbonyl (C=O) groups excluding carboxylic acids is 2. The average molecular weight is 401 g/mol. The van der Waals surface area contributed by atoms with Crippen molar-refractivity contribution in [3.05, 3.63) is 46.3 Å². The number of rotatable bonds is 6. The molecule has 0 saturated carbocycles. The highest BCUT2D eigenvalue weighted by molar-refractivity contribution is 8.00. The number of hydrogen-bond donors (Lipinski definition) is 1. The molecule has 7 heteroatoms. The maximum absolute atomic E-state index is 12.2. The molecule has 0 spiro atoms. The molecule has 1 aromatic heterocycles. The smallest absolute Gasteiger partial charge is 0.319 e. The quantitative estimate of drug-likeness (QED) is 0.582. The van der Waals surface area contributed by atoms with Crippen molar-refractivity contribution in [2.24, 2.45) is 0 Å². The van der Waals surface area contributed by atoms with Gasteiger partial charge in [-0.15, -0.1) is 23.1 Å². The van der Waals surface area contributed by atoms with E-state index in [0.29, 0.717) is 10.6 Å². The molecule has 0 radical (unpaired) electrons. The average Bonchev–Trinajstić information content (AvgIpc) is 3.03. The van der Waals surface area contributed by atoms with Gasteiger partial charge in [-0.25, -0.2) is 0 Å². The minimum atomic E-state index is -0.440. The van der Waals surface area contributed by atoms with Gasteiger partial charge in [-0.2, -0.15) is 5.26 Å². The first-order chi connectivity index (χ1) is 13.1. The van der Waals surface area contributed by atoms with E-state index in [-0.39, 0.29) is 6.61 Å². The van der Waals surface area contributed by atoms with Crippen LogP contribution in [-0.4, -0.2) is 23.7 Å². The van der Waals surface area contributed by atoms with Crippen LogP contribution in [0.2, 0.25) is 0 Å². The van der Waals surface area contributed by atoms with Crippen molar-refractivity contribution in [1.29, 1.82) is 5.26 Å². The van der Waals surface area contributed by atoms with Gasteiger partial charge >= 0.3 is 5.97 Å². The summed E-state index contributed by atoms with van der Waals surface area (Å²) >= 11 is 2.84. The van der Waals surface area contributed by atoms with Crippen LogP contribution in [0.5, 0.6) is 0 Å². The summed E-state index contributed by atoms with van der Waals surface area (Å²) in [5.74, 6) is -0.861. The van der Waals surface area contributed by atoms with E-state index in [1.54, 1.807) is 6.92 Å². The van der Waals surface area contributed by atoms with Gasteiger partial charge in [-0.05, 0) is 50.3 Å².